The van der Waals surface area contributed by atoms with E-state index in [0.29, 0.717) is 31.1 Å². The molecule has 6 heteroatoms. The van der Waals surface area contributed by atoms with Crippen molar-refractivity contribution in [1.29, 1.82) is 0 Å². The summed E-state index contributed by atoms with van der Waals surface area (Å²) < 4.78 is 11.5. The zero-order valence-electron chi connectivity index (χ0n) is 19.0. The number of hydrogen-bond donors (Lipinski definition) is 1. The second-order valence-electron chi connectivity index (χ2n) is 8.58. The van der Waals surface area contributed by atoms with E-state index in [9.17, 15) is 14.7 Å². The number of rotatable bonds is 9. The van der Waals surface area contributed by atoms with Gasteiger partial charge in [-0.3, -0.25) is 9.59 Å². The topological polar surface area (TPSA) is 76.1 Å². The summed E-state index contributed by atoms with van der Waals surface area (Å²) in [7, 11) is 0. The predicted octanol–water partition coefficient (Wildman–Crippen LogP) is 4.86. The number of unbranched alkanes of at least 4 members (excludes halogenated alkanes) is 2. The number of ether oxygens (including phenoxy) is 2. The second kappa shape index (κ2) is 10.7. The average Bonchev–Trinajstić information content (AvgIpc) is 3.45. The molecule has 0 aromatic heterocycles. The van der Waals surface area contributed by atoms with Crippen LogP contribution in [-0.2, 0) is 14.3 Å². The van der Waals surface area contributed by atoms with E-state index >= 15 is 0 Å². The molecule has 2 saturated heterocycles. The maximum Gasteiger partial charge on any atom is 0.295 e. The Bertz CT molecular complexity index is 993. The summed E-state index contributed by atoms with van der Waals surface area (Å²) in [5.74, 6) is -0.730. The molecule has 0 spiro atoms. The molecule has 0 radical (unpaired) electrons. The molecule has 2 atom stereocenters. The number of amides is 1. The Morgan fingerprint density at radius 3 is 2.52 bits per heavy atom. The second-order valence-corrected chi connectivity index (χ2v) is 8.58. The molecule has 6 nitrogen and oxygen atoms in total. The highest BCUT2D eigenvalue weighted by molar-refractivity contribution is 6.46. The minimum atomic E-state index is -0.667. The molecule has 0 bridgehead atoms. The zero-order valence-corrected chi connectivity index (χ0v) is 19.0. The summed E-state index contributed by atoms with van der Waals surface area (Å²) in [6, 6.07) is 15.7. The normalized spacial score (nSPS) is 22.2. The first-order chi connectivity index (χ1) is 16.1. The number of benzene rings is 2. The molecule has 33 heavy (non-hydrogen) atoms. The van der Waals surface area contributed by atoms with Gasteiger partial charge in [-0.15, -0.1) is 0 Å². The Labute approximate surface area is 194 Å². The molecule has 2 heterocycles. The van der Waals surface area contributed by atoms with Crippen LogP contribution in [0.3, 0.4) is 0 Å². The summed E-state index contributed by atoms with van der Waals surface area (Å²) in [5, 5.41) is 11.2. The van der Waals surface area contributed by atoms with E-state index in [0.717, 1.165) is 37.7 Å². The van der Waals surface area contributed by atoms with Gasteiger partial charge in [0.05, 0.1) is 24.3 Å². The van der Waals surface area contributed by atoms with Gasteiger partial charge in [0.25, 0.3) is 11.7 Å². The van der Waals surface area contributed by atoms with Gasteiger partial charge in [0.2, 0.25) is 0 Å². The lowest BCUT2D eigenvalue weighted by Crippen LogP contribution is -2.36. The molecule has 2 fully saturated rings. The number of hydrogen-bond acceptors (Lipinski definition) is 5. The van der Waals surface area contributed by atoms with Gasteiger partial charge < -0.3 is 19.5 Å². The van der Waals surface area contributed by atoms with Gasteiger partial charge in [-0.25, -0.2) is 0 Å². The molecular formula is C27H31NO5. The van der Waals surface area contributed by atoms with Crippen LogP contribution in [0.1, 0.15) is 56.2 Å². The average molecular weight is 450 g/mol. The third-order valence-corrected chi connectivity index (χ3v) is 6.22. The van der Waals surface area contributed by atoms with Gasteiger partial charge in [0, 0.05) is 18.7 Å². The molecule has 1 amide bonds. The highest BCUT2D eigenvalue weighted by atomic mass is 16.5. The van der Waals surface area contributed by atoms with E-state index in [2.05, 4.69) is 6.92 Å². The number of nitrogens with zero attached hydrogens (tertiary/aromatic N) is 1. The fourth-order valence-electron chi connectivity index (χ4n) is 4.46. The Hall–Kier alpha value is -3.12. The minimum absolute atomic E-state index is 0.0985. The Kier molecular flexibility index (Phi) is 7.45. The molecule has 0 saturated carbocycles. The van der Waals surface area contributed by atoms with Crippen molar-refractivity contribution in [1.82, 2.24) is 4.90 Å². The van der Waals surface area contributed by atoms with Crippen LogP contribution in [0.15, 0.2) is 60.2 Å². The molecular weight excluding hydrogens is 418 g/mol. The maximum atomic E-state index is 13.1. The maximum absolute atomic E-state index is 13.1. The van der Waals surface area contributed by atoms with Crippen molar-refractivity contribution in [2.75, 3.05) is 19.8 Å². The molecule has 1 N–H and O–H groups in total. The molecule has 0 aliphatic carbocycles. The van der Waals surface area contributed by atoms with Gasteiger partial charge in [-0.2, -0.15) is 0 Å². The standard InChI is InChI=1S/C27H31NO5/c1-2-3-7-16-32-21-14-12-20(13-15-21)25(29)23-24(19-9-5-4-6-10-19)28(27(31)26(23)30)18-22-11-8-17-33-22/h4-6,9-10,12-15,22,24,29H,2-3,7-8,11,16-18H2,1H3/b25-23-. The number of ketones is 1. The summed E-state index contributed by atoms with van der Waals surface area (Å²) in [6.45, 7) is 3.77. The lowest BCUT2D eigenvalue weighted by atomic mass is 9.95. The van der Waals surface area contributed by atoms with Crippen molar-refractivity contribution in [3.05, 3.63) is 71.3 Å². The zero-order chi connectivity index (χ0) is 23.2. The number of likely N-dealkylation sites (tertiary alicyclic amines) is 1. The van der Waals surface area contributed by atoms with Crippen molar-refractivity contribution < 1.29 is 24.2 Å². The van der Waals surface area contributed by atoms with Crippen molar-refractivity contribution in [3.63, 3.8) is 0 Å². The van der Waals surface area contributed by atoms with Crippen LogP contribution in [0.4, 0.5) is 0 Å². The van der Waals surface area contributed by atoms with Crippen LogP contribution in [0.5, 0.6) is 5.75 Å². The summed E-state index contributed by atoms with van der Waals surface area (Å²) >= 11 is 0. The van der Waals surface area contributed by atoms with Crippen LogP contribution in [0, 0.1) is 0 Å². The lowest BCUT2D eigenvalue weighted by molar-refractivity contribution is -0.140. The monoisotopic (exact) mass is 449 g/mol. The van der Waals surface area contributed by atoms with Gasteiger partial charge in [-0.1, -0.05) is 50.1 Å². The van der Waals surface area contributed by atoms with E-state index in [4.69, 9.17) is 9.47 Å². The molecule has 2 aromatic carbocycles. The van der Waals surface area contributed by atoms with Gasteiger partial charge in [0.1, 0.15) is 11.5 Å². The van der Waals surface area contributed by atoms with Crippen molar-refractivity contribution >= 4 is 17.4 Å². The number of aliphatic hydroxyl groups is 1. The third kappa shape index (κ3) is 5.11. The van der Waals surface area contributed by atoms with E-state index in [1.54, 1.807) is 29.2 Å². The highest BCUT2D eigenvalue weighted by Gasteiger charge is 2.46. The van der Waals surface area contributed by atoms with Crippen LogP contribution < -0.4 is 4.74 Å². The summed E-state index contributed by atoms with van der Waals surface area (Å²) in [4.78, 5) is 27.6. The summed E-state index contributed by atoms with van der Waals surface area (Å²) in [5.41, 5.74) is 1.37. The van der Waals surface area contributed by atoms with Crippen molar-refractivity contribution in [2.24, 2.45) is 0 Å². The highest BCUT2D eigenvalue weighted by Crippen LogP contribution is 2.40. The fourth-order valence-corrected chi connectivity index (χ4v) is 4.46. The van der Waals surface area contributed by atoms with Crippen molar-refractivity contribution in [3.8, 4) is 5.75 Å². The quantitative estimate of drug-likeness (QED) is 0.256. The van der Waals surface area contributed by atoms with Gasteiger partial charge in [-0.05, 0) is 49.1 Å². The van der Waals surface area contributed by atoms with Gasteiger partial charge >= 0.3 is 0 Å². The summed E-state index contributed by atoms with van der Waals surface area (Å²) in [6.07, 6.45) is 4.93. The lowest BCUT2D eigenvalue weighted by Gasteiger charge is -2.27. The van der Waals surface area contributed by atoms with Crippen molar-refractivity contribution in [2.45, 2.75) is 51.2 Å². The number of aliphatic hydroxyl groups excluding tert-OH is 1. The first kappa shape index (κ1) is 23.1. The first-order valence-corrected chi connectivity index (χ1v) is 11.8. The molecule has 174 valence electrons. The Morgan fingerprint density at radius 1 is 1.09 bits per heavy atom. The molecule has 2 aromatic rings. The number of Topliss-reactive ketones (excluding diaryl/α,β-unsaturated/α-hetero) is 1. The van der Waals surface area contributed by atoms with Gasteiger partial charge in [0.15, 0.2) is 0 Å². The van der Waals surface area contributed by atoms with E-state index in [1.165, 1.54) is 0 Å². The van der Waals surface area contributed by atoms with E-state index in [-0.39, 0.29) is 17.4 Å². The van der Waals surface area contributed by atoms with Crippen LogP contribution in [0.2, 0.25) is 0 Å². The van der Waals surface area contributed by atoms with E-state index in [1.807, 2.05) is 30.3 Å². The number of carbonyl (C=O) groups is 2. The van der Waals surface area contributed by atoms with E-state index < -0.39 is 17.7 Å². The predicted molar refractivity (Wildman–Crippen MR) is 126 cm³/mol. The third-order valence-electron chi connectivity index (χ3n) is 6.22. The first-order valence-electron chi connectivity index (χ1n) is 11.8. The molecule has 2 unspecified atom stereocenters. The molecule has 2 aliphatic rings. The fraction of sp³-hybridized carbons (Fsp3) is 0.407. The Morgan fingerprint density at radius 2 is 1.85 bits per heavy atom. The van der Waals surface area contributed by atoms with Crippen LogP contribution >= 0.6 is 0 Å². The van der Waals surface area contributed by atoms with Crippen LogP contribution in [0.25, 0.3) is 5.76 Å². The Balaban J connectivity index is 1.64. The molecule has 2 aliphatic heterocycles. The largest absolute Gasteiger partial charge is 0.507 e. The number of carbonyl (C=O) groups excluding carboxylic acids is 2. The minimum Gasteiger partial charge on any atom is -0.507 e. The van der Waals surface area contributed by atoms with Crippen LogP contribution in [-0.4, -0.2) is 47.6 Å². The SMILES string of the molecule is CCCCCOc1ccc(/C(O)=C2/C(=O)C(=O)N(CC3CCCO3)C2c2ccccc2)cc1. The molecule has 4 rings (SSSR count). The smallest absolute Gasteiger partial charge is 0.295 e.